The van der Waals surface area contributed by atoms with Gasteiger partial charge in [-0.1, -0.05) is 17.7 Å². The van der Waals surface area contributed by atoms with E-state index in [0.29, 0.717) is 5.69 Å². The lowest BCUT2D eigenvalue weighted by atomic mass is 9.48. The van der Waals surface area contributed by atoms with E-state index >= 15 is 0 Å². The average molecular weight is 424 g/mol. The molecule has 4 bridgehead atoms. The maximum absolute atomic E-state index is 13.0. The SMILES string of the molecule is Cc1ccc(N2C(=O)N(CC(=O)N[C@@H](C)C34CC5CC(CC(C5)C3)C4)C(=O)[C@H]2C)cc1. The van der Waals surface area contributed by atoms with E-state index in [1.165, 1.54) is 43.4 Å². The number of benzene rings is 1. The lowest BCUT2D eigenvalue weighted by Gasteiger charge is -2.59. The fourth-order valence-corrected chi connectivity index (χ4v) is 7.20. The number of anilines is 1. The van der Waals surface area contributed by atoms with Gasteiger partial charge in [-0.3, -0.25) is 19.4 Å². The minimum absolute atomic E-state index is 0.0758. The quantitative estimate of drug-likeness (QED) is 0.731. The summed E-state index contributed by atoms with van der Waals surface area (Å²) in [6.45, 7) is 5.61. The molecule has 5 fully saturated rings. The first-order chi connectivity index (χ1) is 14.8. The normalized spacial score (nSPS) is 35.1. The summed E-state index contributed by atoms with van der Waals surface area (Å²) in [7, 11) is 0. The first-order valence-electron chi connectivity index (χ1n) is 11.8. The Hall–Kier alpha value is -2.37. The molecule has 6 rings (SSSR count). The highest BCUT2D eigenvalue weighted by Crippen LogP contribution is 2.61. The Morgan fingerprint density at radius 2 is 1.61 bits per heavy atom. The third-order valence-corrected chi connectivity index (χ3v) is 8.44. The summed E-state index contributed by atoms with van der Waals surface area (Å²) < 4.78 is 0. The minimum Gasteiger partial charge on any atom is -0.352 e. The maximum atomic E-state index is 13.0. The Balaban J connectivity index is 1.25. The second-order valence-electron chi connectivity index (χ2n) is 10.7. The molecule has 0 aromatic heterocycles. The van der Waals surface area contributed by atoms with E-state index in [-0.39, 0.29) is 29.8 Å². The van der Waals surface area contributed by atoms with Crippen molar-refractivity contribution >= 4 is 23.5 Å². The summed E-state index contributed by atoms with van der Waals surface area (Å²) in [4.78, 5) is 41.3. The molecule has 1 aromatic rings. The predicted octanol–water partition coefficient (Wildman–Crippen LogP) is 3.87. The number of carbonyl (C=O) groups excluding carboxylic acids is 3. The molecule has 0 radical (unpaired) electrons. The van der Waals surface area contributed by atoms with Crippen molar-refractivity contribution in [3.8, 4) is 0 Å². The molecule has 1 N–H and O–H groups in total. The van der Waals surface area contributed by atoms with Crippen molar-refractivity contribution in [2.45, 2.75) is 71.4 Å². The van der Waals surface area contributed by atoms with Gasteiger partial charge >= 0.3 is 6.03 Å². The van der Waals surface area contributed by atoms with Crippen LogP contribution in [0.1, 0.15) is 57.9 Å². The van der Waals surface area contributed by atoms with Crippen LogP contribution in [0.4, 0.5) is 10.5 Å². The molecule has 166 valence electrons. The van der Waals surface area contributed by atoms with Gasteiger partial charge in [0.2, 0.25) is 5.91 Å². The van der Waals surface area contributed by atoms with Crippen LogP contribution in [0.25, 0.3) is 0 Å². The third-order valence-electron chi connectivity index (χ3n) is 8.44. The zero-order chi connectivity index (χ0) is 21.9. The summed E-state index contributed by atoms with van der Waals surface area (Å²) in [5, 5.41) is 3.18. The molecule has 4 saturated carbocycles. The summed E-state index contributed by atoms with van der Waals surface area (Å²) in [5.41, 5.74) is 1.97. The highest BCUT2D eigenvalue weighted by Gasteiger charge is 2.53. The van der Waals surface area contributed by atoms with Gasteiger partial charge in [-0.15, -0.1) is 0 Å². The van der Waals surface area contributed by atoms with Gasteiger partial charge in [-0.2, -0.15) is 0 Å². The summed E-state index contributed by atoms with van der Waals surface area (Å²) in [6.07, 6.45) is 7.72. The number of hydrogen-bond donors (Lipinski definition) is 1. The van der Waals surface area contributed by atoms with Gasteiger partial charge in [0.25, 0.3) is 5.91 Å². The van der Waals surface area contributed by atoms with E-state index < -0.39 is 12.1 Å². The zero-order valence-electron chi connectivity index (χ0n) is 18.8. The number of urea groups is 1. The zero-order valence-corrected chi connectivity index (χ0v) is 18.8. The number of amides is 4. The molecule has 0 spiro atoms. The molecule has 0 unspecified atom stereocenters. The van der Waals surface area contributed by atoms with Crippen LogP contribution in [0.15, 0.2) is 24.3 Å². The molecule has 4 amide bonds. The summed E-state index contributed by atoms with van der Waals surface area (Å²) in [5.74, 6) is 1.90. The third kappa shape index (κ3) is 3.44. The van der Waals surface area contributed by atoms with Crippen molar-refractivity contribution in [3.05, 3.63) is 29.8 Å². The smallest absolute Gasteiger partial charge is 0.332 e. The van der Waals surface area contributed by atoms with E-state index in [2.05, 4.69) is 12.2 Å². The monoisotopic (exact) mass is 423 g/mol. The van der Waals surface area contributed by atoms with Crippen molar-refractivity contribution < 1.29 is 14.4 Å². The molecular weight excluding hydrogens is 390 g/mol. The van der Waals surface area contributed by atoms with Crippen LogP contribution < -0.4 is 10.2 Å². The molecule has 1 heterocycles. The standard InChI is InChI=1S/C25H33N3O3/c1-15-4-6-21(7-5-15)28-16(2)23(30)27(24(28)31)14-22(29)26-17(3)25-11-18-8-19(12-25)10-20(9-18)13-25/h4-7,16-20H,8-14H2,1-3H3,(H,26,29)/t16-,17+,18?,19?,20?,25?/m1/s1. The fraction of sp³-hybridized carbons (Fsp3) is 0.640. The highest BCUT2D eigenvalue weighted by atomic mass is 16.2. The first-order valence-corrected chi connectivity index (χ1v) is 11.8. The predicted molar refractivity (Wildman–Crippen MR) is 118 cm³/mol. The van der Waals surface area contributed by atoms with Gasteiger partial charge in [0.05, 0.1) is 0 Å². The van der Waals surface area contributed by atoms with Crippen molar-refractivity contribution in [2.75, 3.05) is 11.4 Å². The molecule has 6 heteroatoms. The number of imide groups is 1. The minimum atomic E-state index is -0.608. The van der Waals surface area contributed by atoms with E-state index in [1.54, 1.807) is 6.92 Å². The fourth-order valence-electron chi connectivity index (χ4n) is 7.20. The van der Waals surface area contributed by atoms with Crippen LogP contribution in [0, 0.1) is 30.1 Å². The van der Waals surface area contributed by atoms with Gasteiger partial charge < -0.3 is 5.32 Å². The number of aryl methyl sites for hydroxylation is 1. The number of nitrogens with one attached hydrogen (secondary N) is 1. The number of hydrogen-bond acceptors (Lipinski definition) is 3. The highest BCUT2D eigenvalue weighted by molar-refractivity contribution is 6.15. The van der Waals surface area contributed by atoms with Crippen molar-refractivity contribution in [2.24, 2.45) is 23.2 Å². The van der Waals surface area contributed by atoms with Crippen LogP contribution >= 0.6 is 0 Å². The van der Waals surface area contributed by atoms with Gasteiger partial charge in [0, 0.05) is 11.7 Å². The summed E-state index contributed by atoms with van der Waals surface area (Å²) in [6, 6.07) is 6.57. The molecule has 5 aliphatic rings. The Labute approximate surface area is 184 Å². The Kier molecular flexibility index (Phi) is 4.87. The molecule has 6 nitrogen and oxygen atoms in total. The number of rotatable bonds is 5. The Morgan fingerprint density at radius 1 is 1.06 bits per heavy atom. The topological polar surface area (TPSA) is 69.7 Å². The van der Waals surface area contributed by atoms with Crippen LogP contribution in [0.5, 0.6) is 0 Å². The maximum Gasteiger partial charge on any atom is 0.332 e. The molecule has 4 aliphatic carbocycles. The number of nitrogens with zero attached hydrogens (tertiary/aromatic N) is 2. The van der Waals surface area contributed by atoms with Gasteiger partial charge in [0.1, 0.15) is 12.6 Å². The molecule has 1 aromatic carbocycles. The van der Waals surface area contributed by atoms with E-state index in [1.807, 2.05) is 31.2 Å². The first kappa shape index (κ1) is 20.5. The van der Waals surface area contributed by atoms with Crippen molar-refractivity contribution in [3.63, 3.8) is 0 Å². The van der Waals surface area contributed by atoms with E-state index in [0.717, 1.165) is 28.2 Å². The Morgan fingerprint density at radius 3 is 2.16 bits per heavy atom. The second kappa shape index (κ2) is 7.35. The molecular formula is C25H33N3O3. The molecule has 1 aliphatic heterocycles. The van der Waals surface area contributed by atoms with Gasteiger partial charge in [-0.05, 0) is 94.6 Å². The van der Waals surface area contributed by atoms with E-state index in [9.17, 15) is 14.4 Å². The average Bonchev–Trinajstić information content (AvgIpc) is 2.91. The molecule has 31 heavy (non-hydrogen) atoms. The van der Waals surface area contributed by atoms with Crippen LogP contribution in [-0.4, -0.2) is 41.4 Å². The van der Waals surface area contributed by atoms with Crippen LogP contribution in [0.2, 0.25) is 0 Å². The summed E-state index contributed by atoms with van der Waals surface area (Å²) >= 11 is 0. The van der Waals surface area contributed by atoms with Crippen molar-refractivity contribution in [1.82, 2.24) is 10.2 Å². The second-order valence-corrected chi connectivity index (χ2v) is 10.7. The Bertz CT molecular complexity index is 874. The van der Waals surface area contributed by atoms with Crippen molar-refractivity contribution in [1.29, 1.82) is 0 Å². The van der Waals surface area contributed by atoms with Gasteiger partial charge in [-0.25, -0.2) is 4.79 Å². The van der Waals surface area contributed by atoms with Gasteiger partial charge in [0.15, 0.2) is 0 Å². The van der Waals surface area contributed by atoms with Crippen LogP contribution in [0.3, 0.4) is 0 Å². The lowest BCUT2D eigenvalue weighted by molar-refractivity contribution is -0.133. The largest absolute Gasteiger partial charge is 0.352 e. The lowest BCUT2D eigenvalue weighted by Crippen LogP contribution is -2.57. The molecule has 1 saturated heterocycles. The van der Waals surface area contributed by atoms with E-state index in [4.69, 9.17) is 0 Å². The van der Waals surface area contributed by atoms with Crippen LogP contribution in [-0.2, 0) is 9.59 Å². The number of carbonyl (C=O) groups is 3. The molecule has 2 atom stereocenters.